The summed E-state index contributed by atoms with van der Waals surface area (Å²) < 4.78 is 0. The van der Waals surface area contributed by atoms with Gasteiger partial charge >= 0.3 is 0 Å². The Bertz CT molecular complexity index is 868. The van der Waals surface area contributed by atoms with Gasteiger partial charge in [-0.15, -0.1) is 0 Å². The van der Waals surface area contributed by atoms with Gasteiger partial charge in [0.15, 0.2) is 0 Å². The SMILES string of the molecule is Cc1c(Cl)cccc1Nc1ncc(C(=O)NCc2ccncc2)cn1. The standard InChI is InChI=1S/C18H16ClN5O/c1-12-15(19)3-2-4-16(12)24-18-22-10-14(11-23-18)17(25)21-9-13-5-7-20-8-6-13/h2-8,10-11H,9H2,1H3,(H,21,25)(H,22,23,24). The monoisotopic (exact) mass is 353 g/mol. The first-order valence-electron chi connectivity index (χ1n) is 7.65. The number of rotatable bonds is 5. The number of anilines is 2. The summed E-state index contributed by atoms with van der Waals surface area (Å²) in [6.45, 7) is 2.33. The Kier molecular flexibility index (Phi) is 5.20. The minimum Gasteiger partial charge on any atom is -0.348 e. The maximum absolute atomic E-state index is 12.1. The Labute approximate surface area is 150 Å². The van der Waals surface area contributed by atoms with Crippen molar-refractivity contribution in [3.8, 4) is 0 Å². The number of nitrogens with zero attached hydrogens (tertiary/aromatic N) is 3. The molecule has 0 saturated carbocycles. The minimum atomic E-state index is -0.234. The average Bonchev–Trinajstić information content (AvgIpc) is 2.65. The molecule has 1 amide bonds. The molecule has 0 aliphatic rings. The maximum Gasteiger partial charge on any atom is 0.254 e. The molecule has 0 saturated heterocycles. The summed E-state index contributed by atoms with van der Waals surface area (Å²) in [5.74, 6) is 0.165. The topological polar surface area (TPSA) is 79.8 Å². The first kappa shape index (κ1) is 16.9. The van der Waals surface area contributed by atoms with Crippen LogP contribution in [0, 0.1) is 6.92 Å². The van der Waals surface area contributed by atoms with Gasteiger partial charge in [0.2, 0.25) is 5.95 Å². The van der Waals surface area contributed by atoms with Crippen molar-refractivity contribution in [2.45, 2.75) is 13.5 Å². The maximum atomic E-state index is 12.1. The predicted octanol–water partition coefficient (Wildman–Crippen LogP) is 3.51. The van der Waals surface area contributed by atoms with E-state index in [0.717, 1.165) is 16.8 Å². The molecule has 6 nitrogen and oxygen atoms in total. The van der Waals surface area contributed by atoms with Gasteiger partial charge in [0.25, 0.3) is 5.91 Å². The van der Waals surface area contributed by atoms with Crippen LogP contribution in [0.2, 0.25) is 5.02 Å². The van der Waals surface area contributed by atoms with Crippen molar-refractivity contribution in [3.05, 3.63) is 76.8 Å². The third kappa shape index (κ3) is 4.30. The zero-order chi connectivity index (χ0) is 17.6. The second-order valence-corrected chi connectivity index (χ2v) is 5.78. The lowest BCUT2D eigenvalue weighted by atomic mass is 10.2. The molecule has 25 heavy (non-hydrogen) atoms. The van der Waals surface area contributed by atoms with Crippen LogP contribution in [-0.2, 0) is 6.54 Å². The van der Waals surface area contributed by atoms with Crippen LogP contribution in [-0.4, -0.2) is 20.9 Å². The van der Waals surface area contributed by atoms with Gasteiger partial charge in [-0.3, -0.25) is 9.78 Å². The van der Waals surface area contributed by atoms with Gasteiger partial charge in [-0.25, -0.2) is 9.97 Å². The summed E-state index contributed by atoms with van der Waals surface area (Å²) in [6, 6.07) is 9.24. The number of hydrogen-bond donors (Lipinski definition) is 2. The first-order chi connectivity index (χ1) is 12.1. The van der Waals surface area contributed by atoms with Crippen molar-refractivity contribution in [1.29, 1.82) is 0 Å². The van der Waals surface area contributed by atoms with Crippen molar-refractivity contribution in [2.24, 2.45) is 0 Å². The van der Waals surface area contributed by atoms with Gasteiger partial charge in [-0.05, 0) is 42.3 Å². The van der Waals surface area contributed by atoms with Gasteiger partial charge in [0.1, 0.15) is 0 Å². The van der Waals surface area contributed by atoms with E-state index >= 15 is 0 Å². The lowest BCUT2D eigenvalue weighted by Gasteiger charge is -2.09. The van der Waals surface area contributed by atoms with Crippen molar-refractivity contribution in [3.63, 3.8) is 0 Å². The molecule has 2 N–H and O–H groups in total. The van der Waals surface area contributed by atoms with Crippen LogP contribution in [0.15, 0.2) is 55.1 Å². The fraction of sp³-hybridized carbons (Fsp3) is 0.111. The zero-order valence-corrected chi connectivity index (χ0v) is 14.3. The van der Waals surface area contributed by atoms with E-state index in [1.165, 1.54) is 12.4 Å². The molecule has 3 rings (SSSR count). The lowest BCUT2D eigenvalue weighted by molar-refractivity contribution is 0.0950. The molecule has 0 bridgehead atoms. The molecule has 0 atom stereocenters. The normalized spacial score (nSPS) is 10.3. The zero-order valence-electron chi connectivity index (χ0n) is 13.5. The summed E-state index contributed by atoms with van der Waals surface area (Å²) in [4.78, 5) is 24.4. The van der Waals surface area contributed by atoms with Crippen LogP contribution in [0.25, 0.3) is 0 Å². The van der Waals surface area contributed by atoms with E-state index in [0.29, 0.717) is 23.1 Å². The number of pyridine rings is 1. The highest BCUT2D eigenvalue weighted by Crippen LogP contribution is 2.24. The van der Waals surface area contributed by atoms with E-state index in [1.54, 1.807) is 12.4 Å². The minimum absolute atomic E-state index is 0.234. The highest BCUT2D eigenvalue weighted by atomic mass is 35.5. The van der Waals surface area contributed by atoms with E-state index in [9.17, 15) is 4.79 Å². The number of halogens is 1. The molecule has 0 fully saturated rings. The lowest BCUT2D eigenvalue weighted by Crippen LogP contribution is -2.23. The van der Waals surface area contributed by atoms with Crippen molar-refractivity contribution in [2.75, 3.05) is 5.32 Å². The van der Waals surface area contributed by atoms with Crippen LogP contribution in [0.1, 0.15) is 21.5 Å². The van der Waals surface area contributed by atoms with Crippen LogP contribution in [0.3, 0.4) is 0 Å². The number of hydrogen-bond acceptors (Lipinski definition) is 5. The van der Waals surface area contributed by atoms with Gasteiger partial charge in [0, 0.05) is 42.0 Å². The van der Waals surface area contributed by atoms with E-state index in [4.69, 9.17) is 11.6 Å². The Balaban J connectivity index is 1.63. The van der Waals surface area contributed by atoms with Crippen molar-refractivity contribution < 1.29 is 4.79 Å². The van der Waals surface area contributed by atoms with E-state index in [1.807, 2.05) is 37.3 Å². The molecule has 7 heteroatoms. The summed E-state index contributed by atoms with van der Waals surface area (Å²) in [7, 11) is 0. The first-order valence-corrected chi connectivity index (χ1v) is 8.02. The van der Waals surface area contributed by atoms with Gasteiger partial charge < -0.3 is 10.6 Å². The molecule has 0 unspecified atom stereocenters. The Morgan fingerprint density at radius 1 is 1.12 bits per heavy atom. The number of amides is 1. The Morgan fingerprint density at radius 2 is 1.84 bits per heavy atom. The second-order valence-electron chi connectivity index (χ2n) is 5.37. The summed E-state index contributed by atoms with van der Waals surface area (Å²) in [6.07, 6.45) is 6.33. The summed E-state index contributed by atoms with van der Waals surface area (Å²) in [5, 5.41) is 6.57. The molecule has 2 aromatic heterocycles. The van der Waals surface area contributed by atoms with Gasteiger partial charge in [-0.1, -0.05) is 17.7 Å². The predicted molar refractivity (Wildman–Crippen MR) is 96.9 cm³/mol. The van der Waals surface area contributed by atoms with Crippen LogP contribution in [0.4, 0.5) is 11.6 Å². The van der Waals surface area contributed by atoms with Crippen LogP contribution in [0.5, 0.6) is 0 Å². The van der Waals surface area contributed by atoms with Gasteiger partial charge in [-0.2, -0.15) is 0 Å². The average molecular weight is 354 g/mol. The smallest absolute Gasteiger partial charge is 0.254 e. The molecule has 0 aliphatic carbocycles. The van der Waals surface area contributed by atoms with E-state index in [-0.39, 0.29) is 5.91 Å². The quantitative estimate of drug-likeness (QED) is 0.733. The number of nitrogens with one attached hydrogen (secondary N) is 2. The molecule has 0 aliphatic heterocycles. The van der Waals surface area contributed by atoms with Crippen molar-refractivity contribution >= 4 is 29.1 Å². The second kappa shape index (κ2) is 7.72. The summed E-state index contributed by atoms with van der Waals surface area (Å²) in [5.41, 5.74) is 3.09. The van der Waals surface area contributed by atoms with E-state index < -0.39 is 0 Å². The third-order valence-corrected chi connectivity index (χ3v) is 4.04. The molecule has 0 radical (unpaired) electrons. The molecular weight excluding hydrogens is 338 g/mol. The number of carbonyl (C=O) groups is 1. The Hall–Kier alpha value is -2.99. The molecular formula is C18H16ClN5O. The molecule has 0 spiro atoms. The molecule has 126 valence electrons. The fourth-order valence-corrected chi connectivity index (χ4v) is 2.33. The largest absolute Gasteiger partial charge is 0.348 e. The van der Waals surface area contributed by atoms with Crippen LogP contribution < -0.4 is 10.6 Å². The molecule has 1 aromatic carbocycles. The molecule has 3 aromatic rings. The van der Waals surface area contributed by atoms with E-state index in [2.05, 4.69) is 25.6 Å². The summed E-state index contributed by atoms with van der Waals surface area (Å²) >= 11 is 6.09. The highest BCUT2D eigenvalue weighted by molar-refractivity contribution is 6.31. The van der Waals surface area contributed by atoms with Crippen LogP contribution >= 0.6 is 11.6 Å². The van der Waals surface area contributed by atoms with Gasteiger partial charge in [0.05, 0.1) is 5.56 Å². The third-order valence-electron chi connectivity index (χ3n) is 3.63. The Morgan fingerprint density at radius 3 is 2.56 bits per heavy atom. The van der Waals surface area contributed by atoms with Crippen molar-refractivity contribution in [1.82, 2.24) is 20.3 Å². The molecule has 2 heterocycles. The highest BCUT2D eigenvalue weighted by Gasteiger charge is 2.08. The fourth-order valence-electron chi connectivity index (χ4n) is 2.16. The number of benzene rings is 1. The number of aromatic nitrogens is 3. The number of carbonyl (C=O) groups excluding carboxylic acids is 1.